The standard InChI is InChI=1S/C13H19ClN2/c1-8-3-4-10(12(14)5-8)7-13(16-15)11-6-9(11)2/h3-5,9,11,13,16H,6-7,15H2,1-2H3. The van der Waals surface area contributed by atoms with Crippen molar-refractivity contribution in [1.82, 2.24) is 5.43 Å². The van der Waals surface area contributed by atoms with Gasteiger partial charge in [0.25, 0.3) is 0 Å². The Labute approximate surface area is 102 Å². The first-order valence-corrected chi connectivity index (χ1v) is 6.20. The van der Waals surface area contributed by atoms with Crippen molar-refractivity contribution in [2.24, 2.45) is 17.7 Å². The SMILES string of the molecule is Cc1ccc(CC(NN)C2CC2C)c(Cl)c1. The zero-order valence-corrected chi connectivity index (χ0v) is 10.6. The molecule has 2 rings (SSSR count). The number of rotatable bonds is 4. The molecule has 1 aromatic rings. The Morgan fingerprint density at radius 2 is 2.25 bits per heavy atom. The van der Waals surface area contributed by atoms with Crippen molar-refractivity contribution in [1.29, 1.82) is 0 Å². The van der Waals surface area contributed by atoms with E-state index >= 15 is 0 Å². The first-order chi connectivity index (χ1) is 7.61. The van der Waals surface area contributed by atoms with Crippen LogP contribution >= 0.6 is 11.6 Å². The fourth-order valence-corrected chi connectivity index (χ4v) is 2.61. The lowest BCUT2D eigenvalue weighted by molar-refractivity contribution is 0.454. The second kappa shape index (κ2) is 4.74. The maximum atomic E-state index is 6.22. The lowest BCUT2D eigenvalue weighted by Gasteiger charge is -2.16. The summed E-state index contributed by atoms with van der Waals surface area (Å²) in [6, 6.07) is 6.58. The molecule has 0 bridgehead atoms. The van der Waals surface area contributed by atoms with Gasteiger partial charge in [0.05, 0.1) is 0 Å². The van der Waals surface area contributed by atoms with E-state index in [2.05, 4.69) is 31.4 Å². The molecule has 1 aliphatic carbocycles. The summed E-state index contributed by atoms with van der Waals surface area (Å²) in [5.41, 5.74) is 5.32. The Bertz CT molecular complexity index is 378. The quantitative estimate of drug-likeness (QED) is 0.625. The highest BCUT2D eigenvalue weighted by molar-refractivity contribution is 6.31. The predicted octanol–water partition coefficient (Wildman–Crippen LogP) is 2.68. The zero-order valence-electron chi connectivity index (χ0n) is 9.83. The van der Waals surface area contributed by atoms with E-state index in [-0.39, 0.29) is 0 Å². The van der Waals surface area contributed by atoms with Gasteiger partial charge in [-0.3, -0.25) is 11.3 Å². The minimum Gasteiger partial charge on any atom is -0.271 e. The van der Waals surface area contributed by atoms with Gasteiger partial charge in [0.1, 0.15) is 0 Å². The summed E-state index contributed by atoms with van der Waals surface area (Å²) >= 11 is 6.22. The minimum atomic E-state index is 0.357. The van der Waals surface area contributed by atoms with Gasteiger partial charge in [-0.05, 0) is 48.8 Å². The Balaban J connectivity index is 2.07. The molecule has 1 saturated carbocycles. The van der Waals surface area contributed by atoms with E-state index < -0.39 is 0 Å². The van der Waals surface area contributed by atoms with E-state index in [1.165, 1.54) is 17.5 Å². The molecule has 3 unspecified atom stereocenters. The summed E-state index contributed by atoms with van der Waals surface area (Å²) < 4.78 is 0. The summed E-state index contributed by atoms with van der Waals surface area (Å²) in [4.78, 5) is 0. The van der Waals surface area contributed by atoms with Gasteiger partial charge in [0.15, 0.2) is 0 Å². The molecule has 3 heteroatoms. The molecule has 1 aliphatic rings. The number of halogens is 1. The Kier molecular flexibility index (Phi) is 3.53. The molecule has 0 spiro atoms. The fourth-order valence-electron chi connectivity index (χ4n) is 2.30. The van der Waals surface area contributed by atoms with Crippen molar-refractivity contribution in [2.45, 2.75) is 32.7 Å². The third kappa shape index (κ3) is 2.57. The first-order valence-electron chi connectivity index (χ1n) is 5.83. The smallest absolute Gasteiger partial charge is 0.0441 e. The van der Waals surface area contributed by atoms with Gasteiger partial charge in [0.2, 0.25) is 0 Å². The van der Waals surface area contributed by atoms with Gasteiger partial charge < -0.3 is 0 Å². The van der Waals surface area contributed by atoms with Crippen molar-refractivity contribution in [3.05, 3.63) is 34.3 Å². The largest absolute Gasteiger partial charge is 0.271 e. The molecule has 0 amide bonds. The van der Waals surface area contributed by atoms with Crippen LogP contribution in [-0.2, 0) is 6.42 Å². The van der Waals surface area contributed by atoms with E-state index in [0.29, 0.717) is 12.0 Å². The van der Waals surface area contributed by atoms with Crippen molar-refractivity contribution in [3.63, 3.8) is 0 Å². The highest BCUT2D eigenvalue weighted by atomic mass is 35.5. The van der Waals surface area contributed by atoms with Crippen LogP contribution in [0.4, 0.5) is 0 Å². The van der Waals surface area contributed by atoms with E-state index in [1.54, 1.807) is 0 Å². The van der Waals surface area contributed by atoms with Crippen LogP contribution in [0, 0.1) is 18.8 Å². The molecule has 0 heterocycles. The van der Waals surface area contributed by atoms with Crippen LogP contribution in [0.2, 0.25) is 5.02 Å². The van der Waals surface area contributed by atoms with Crippen LogP contribution in [-0.4, -0.2) is 6.04 Å². The molecule has 1 fully saturated rings. The predicted molar refractivity (Wildman–Crippen MR) is 68.3 cm³/mol. The molecule has 0 radical (unpaired) electrons. The van der Waals surface area contributed by atoms with Crippen LogP contribution in [0.25, 0.3) is 0 Å². The van der Waals surface area contributed by atoms with Crippen molar-refractivity contribution >= 4 is 11.6 Å². The summed E-state index contributed by atoms with van der Waals surface area (Å²) in [6.45, 7) is 4.32. The number of nitrogens with two attached hydrogens (primary N) is 1. The van der Waals surface area contributed by atoms with Gasteiger partial charge in [-0.2, -0.15) is 0 Å². The van der Waals surface area contributed by atoms with Crippen molar-refractivity contribution < 1.29 is 0 Å². The van der Waals surface area contributed by atoms with E-state index in [9.17, 15) is 0 Å². The number of nitrogens with one attached hydrogen (secondary N) is 1. The van der Waals surface area contributed by atoms with Crippen molar-refractivity contribution in [3.8, 4) is 0 Å². The maximum absolute atomic E-state index is 6.22. The van der Waals surface area contributed by atoms with Crippen LogP contribution in [0.3, 0.4) is 0 Å². The second-order valence-electron chi connectivity index (χ2n) is 4.95. The number of hydrazine groups is 1. The topological polar surface area (TPSA) is 38.0 Å². The molecule has 0 aliphatic heterocycles. The average Bonchev–Trinajstić information content (AvgIpc) is 2.94. The molecule has 0 saturated heterocycles. The molecule has 2 nitrogen and oxygen atoms in total. The van der Waals surface area contributed by atoms with Gasteiger partial charge in [0, 0.05) is 11.1 Å². The van der Waals surface area contributed by atoms with Crippen LogP contribution in [0.1, 0.15) is 24.5 Å². The Morgan fingerprint density at radius 1 is 1.56 bits per heavy atom. The highest BCUT2D eigenvalue weighted by Gasteiger charge is 2.38. The maximum Gasteiger partial charge on any atom is 0.0441 e. The number of benzene rings is 1. The summed E-state index contributed by atoms with van der Waals surface area (Å²) in [5.74, 6) is 7.12. The van der Waals surface area contributed by atoms with Crippen LogP contribution in [0.5, 0.6) is 0 Å². The first kappa shape index (κ1) is 11.9. The fraction of sp³-hybridized carbons (Fsp3) is 0.538. The zero-order chi connectivity index (χ0) is 11.7. The average molecular weight is 239 g/mol. The molecular weight excluding hydrogens is 220 g/mol. The van der Waals surface area contributed by atoms with Gasteiger partial charge in [-0.25, -0.2) is 0 Å². The molecule has 0 aromatic heterocycles. The summed E-state index contributed by atoms with van der Waals surface area (Å²) in [7, 11) is 0. The molecule has 1 aromatic carbocycles. The molecule has 3 N–H and O–H groups in total. The third-order valence-corrected chi connectivity index (χ3v) is 3.90. The Morgan fingerprint density at radius 3 is 2.75 bits per heavy atom. The molecular formula is C13H19ClN2. The van der Waals surface area contributed by atoms with Crippen LogP contribution < -0.4 is 11.3 Å². The van der Waals surface area contributed by atoms with Gasteiger partial charge in [-0.15, -0.1) is 0 Å². The third-order valence-electron chi connectivity index (χ3n) is 3.55. The van der Waals surface area contributed by atoms with Gasteiger partial charge in [-0.1, -0.05) is 30.7 Å². The molecule has 88 valence electrons. The second-order valence-corrected chi connectivity index (χ2v) is 5.36. The lowest BCUT2D eigenvalue weighted by Crippen LogP contribution is -2.39. The highest BCUT2D eigenvalue weighted by Crippen LogP contribution is 2.41. The monoisotopic (exact) mass is 238 g/mol. The van der Waals surface area contributed by atoms with E-state index in [1.807, 2.05) is 6.07 Å². The van der Waals surface area contributed by atoms with E-state index in [4.69, 9.17) is 17.4 Å². The van der Waals surface area contributed by atoms with Crippen LogP contribution in [0.15, 0.2) is 18.2 Å². The summed E-state index contributed by atoms with van der Waals surface area (Å²) in [6.07, 6.45) is 2.20. The van der Waals surface area contributed by atoms with E-state index in [0.717, 1.165) is 17.4 Å². The minimum absolute atomic E-state index is 0.357. The van der Waals surface area contributed by atoms with Crippen molar-refractivity contribution in [2.75, 3.05) is 0 Å². The van der Waals surface area contributed by atoms with Gasteiger partial charge >= 0.3 is 0 Å². The lowest BCUT2D eigenvalue weighted by atomic mass is 10.0. The molecule has 16 heavy (non-hydrogen) atoms. The normalized spacial score (nSPS) is 25.5. The molecule has 3 atom stereocenters. The number of hydrogen-bond donors (Lipinski definition) is 2. The number of hydrogen-bond acceptors (Lipinski definition) is 2. The number of aryl methyl sites for hydroxylation is 1. The summed E-state index contributed by atoms with van der Waals surface area (Å²) in [5, 5.41) is 0.855. The Hall–Kier alpha value is -0.570.